The van der Waals surface area contributed by atoms with E-state index in [1.807, 2.05) is 0 Å². The second-order valence-corrected chi connectivity index (χ2v) is 6.38. The minimum Gasteiger partial charge on any atom is -0.377 e. The fourth-order valence-electron chi connectivity index (χ4n) is 1.52. The molecule has 0 aromatic rings. The predicted octanol–water partition coefficient (Wildman–Crippen LogP) is 1.25. The van der Waals surface area contributed by atoms with Crippen molar-refractivity contribution in [2.45, 2.75) is 6.04 Å². The van der Waals surface area contributed by atoms with E-state index >= 15 is 0 Å². The largest absolute Gasteiger partial charge is 0.506 e. The standard InChI is InChI=1S/C10H19NO3Si/c1-11-8-6-5-7-10(11)9-15(12-2,13-3)14-4/h5-7H,8-9H2,1-4H3. The lowest BCUT2D eigenvalue weighted by molar-refractivity contribution is 0.124. The van der Waals surface area contributed by atoms with E-state index in [1.54, 1.807) is 21.3 Å². The van der Waals surface area contributed by atoms with Crippen LogP contribution in [0.3, 0.4) is 0 Å². The number of rotatable bonds is 5. The first-order chi connectivity index (χ1) is 7.17. The number of hydrogen-bond donors (Lipinski definition) is 0. The molecule has 0 unspecified atom stereocenters. The van der Waals surface area contributed by atoms with Crippen molar-refractivity contribution in [3.63, 3.8) is 0 Å². The molecule has 1 rings (SSSR count). The maximum Gasteiger partial charge on any atom is 0.506 e. The molecule has 0 aliphatic carbocycles. The highest BCUT2D eigenvalue weighted by atomic mass is 28.4. The molecule has 0 saturated heterocycles. The van der Waals surface area contributed by atoms with Crippen LogP contribution in [-0.2, 0) is 13.3 Å². The average molecular weight is 229 g/mol. The van der Waals surface area contributed by atoms with Crippen LogP contribution in [0.5, 0.6) is 0 Å². The monoisotopic (exact) mass is 229 g/mol. The van der Waals surface area contributed by atoms with E-state index in [0.29, 0.717) is 6.04 Å². The fourth-order valence-corrected chi connectivity index (χ4v) is 3.29. The van der Waals surface area contributed by atoms with E-state index in [-0.39, 0.29) is 0 Å². The number of nitrogens with zero attached hydrogens (tertiary/aromatic N) is 1. The molecule has 0 atom stereocenters. The summed E-state index contributed by atoms with van der Waals surface area (Å²) in [6.07, 6.45) is 6.23. The molecule has 15 heavy (non-hydrogen) atoms. The van der Waals surface area contributed by atoms with Crippen LogP contribution < -0.4 is 0 Å². The zero-order chi connectivity index (χ0) is 11.3. The molecule has 5 heteroatoms. The molecule has 0 fully saturated rings. The Morgan fingerprint density at radius 1 is 1.27 bits per heavy atom. The summed E-state index contributed by atoms with van der Waals surface area (Å²) in [6, 6.07) is 0.706. The Bertz CT molecular complexity index is 253. The molecule has 0 N–H and O–H groups in total. The highest BCUT2D eigenvalue weighted by Gasteiger charge is 2.39. The Morgan fingerprint density at radius 2 is 1.87 bits per heavy atom. The van der Waals surface area contributed by atoms with Crippen LogP contribution in [-0.4, -0.2) is 48.6 Å². The molecule has 0 aromatic carbocycles. The third-order valence-corrected chi connectivity index (χ3v) is 5.29. The van der Waals surface area contributed by atoms with E-state index < -0.39 is 8.80 Å². The Hall–Kier alpha value is -0.623. The first-order valence-electron chi connectivity index (χ1n) is 4.89. The maximum atomic E-state index is 5.39. The summed E-state index contributed by atoms with van der Waals surface area (Å²) in [5.74, 6) is 0. The summed E-state index contributed by atoms with van der Waals surface area (Å²) >= 11 is 0. The predicted molar refractivity (Wildman–Crippen MR) is 61.4 cm³/mol. The number of hydrogen-bond acceptors (Lipinski definition) is 4. The van der Waals surface area contributed by atoms with Crippen LogP contribution in [0.1, 0.15) is 0 Å². The van der Waals surface area contributed by atoms with Gasteiger partial charge in [-0.25, -0.2) is 0 Å². The van der Waals surface area contributed by atoms with Gasteiger partial charge in [0.05, 0.1) is 6.04 Å². The van der Waals surface area contributed by atoms with Gasteiger partial charge in [0.15, 0.2) is 0 Å². The summed E-state index contributed by atoms with van der Waals surface area (Å²) in [6.45, 7) is 0.924. The van der Waals surface area contributed by atoms with E-state index in [4.69, 9.17) is 13.3 Å². The molecular formula is C10H19NO3Si. The molecule has 0 spiro atoms. The van der Waals surface area contributed by atoms with Gasteiger partial charge in [-0.3, -0.25) is 0 Å². The third kappa shape index (κ3) is 2.91. The summed E-state index contributed by atoms with van der Waals surface area (Å²) in [4.78, 5) is 2.17. The lowest BCUT2D eigenvalue weighted by atomic mass is 10.3. The van der Waals surface area contributed by atoms with Crippen LogP contribution in [0.15, 0.2) is 23.9 Å². The zero-order valence-corrected chi connectivity index (χ0v) is 10.8. The molecular weight excluding hydrogens is 210 g/mol. The van der Waals surface area contributed by atoms with Crippen LogP contribution in [0.2, 0.25) is 6.04 Å². The van der Waals surface area contributed by atoms with Gasteiger partial charge in [-0.2, -0.15) is 0 Å². The van der Waals surface area contributed by atoms with Gasteiger partial charge in [0, 0.05) is 40.6 Å². The van der Waals surface area contributed by atoms with Crippen molar-refractivity contribution >= 4 is 8.80 Å². The van der Waals surface area contributed by atoms with Crippen molar-refractivity contribution in [3.8, 4) is 0 Å². The summed E-state index contributed by atoms with van der Waals surface area (Å²) < 4.78 is 16.2. The van der Waals surface area contributed by atoms with E-state index in [2.05, 4.69) is 30.2 Å². The van der Waals surface area contributed by atoms with Crippen LogP contribution in [0.25, 0.3) is 0 Å². The molecule has 4 nitrogen and oxygen atoms in total. The summed E-state index contributed by atoms with van der Waals surface area (Å²) in [5, 5.41) is 0. The number of allylic oxidation sites excluding steroid dienone is 3. The van der Waals surface area contributed by atoms with Crippen LogP contribution >= 0.6 is 0 Å². The summed E-state index contributed by atoms with van der Waals surface area (Å²) in [5.41, 5.74) is 1.19. The SMILES string of the molecule is CO[Si](CC1=CC=CCN1C)(OC)OC. The van der Waals surface area contributed by atoms with Gasteiger partial charge in [0.2, 0.25) is 0 Å². The zero-order valence-electron chi connectivity index (χ0n) is 9.82. The summed E-state index contributed by atoms with van der Waals surface area (Å²) in [7, 11) is 4.47. The molecule has 1 heterocycles. The molecule has 0 radical (unpaired) electrons. The van der Waals surface area contributed by atoms with Crippen molar-refractivity contribution in [1.82, 2.24) is 4.90 Å². The van der Waals surface area contributed by atoms with Crippen molar-refractivity contribution in [3.05, 3.63) is 23.9 Å². The van der Waals surface area contributed by atoms with Crippen molar-refractivity contribution in [2.75, 3.05) is 34.9 Å². The van der Waals surface area contributed by atoms with Crippen LogP contribution in [0.4, 0.5) is 0 Å². The van der Waals surface area contributed by atoms with Gasteiger partial charge >= 0.3 is 8.80 Å². The Kier molecular flexibility index (Phi) is 4.53. The number of likely N-dealkylation sites (N-methyl/N-ethyl adjacent to an activating group) is 1. The highest BCUT2D eigenvalue weighted by molar-refractivity contribution is 6.61. The Morgan fingerprint density at radius 3 is 2.33 bits per heavy atom. The topological polar surface area (TPSA) is 30.9 Å². The molecule has 0 saturated carbocycles. The molecule has 86 valence electrons. The normalized spacial score (nSPS) is 16.8. The molecule has 1 aliphatic rings. The first kappa shape index (κ1) is 12.4. The quantitative estimate of drug-likeness (QED) is 0.664. The maximum absolute atomic E-state index is 5.39. The highest BCUT2D eigenvalue weighted by Crippen LogP contribution is 2.22. The molecule has 0 bridgehead atoms. The lowest BCUT2D eigenvalue weighted by Crippen LogP contribution is -2.44. The van der Waals surface area contributed by atoms with Crippen molar-refractivity contribution in [2.24, 2.45) is 0 Å². The fraction of sp³-hybridized carbons (Fsp3) is 0.600. The second-order valence-electron chi connectivity index (χ2n) is 3.44. The second kappa shape index (κ2) is 5.46. The van der Waals surface area contributed by atoms with Gasteiger partial charge in [0.25, 0.3) is 0 Å². The Balaban J connectivity index is 2.73. The van der Waals surface area contributed by atoms with Crippen LogP contribution in [0, 0.1) is 0 Å². The average Bonchev–Trinajstić information content (AvgIpc) is 2.29. The molecule has 0 amide bonds. The van der Waals surface area contributed by atoms with E-state index in [1.165, 1.54) is 5.70 Å². The van der Waals surface area contributed by atoms with Gasteiger partial charge in [-0.15, -0.1) is 0 Å². The minimum absolute atomic E-state index is 0.706. The van der Waals surface area contributed by atoms with Crippen molar-refractivity contribution < 1.29 is 13.3 Å². The van der Waals surface area contributed by atoms with E-state index in [0.717, 1.165) is 6.54 Å². The Labute approximate surface area is 92.5 Å². The smallest absolute Gasteiger partial charge is 0.377 e. The lowest BCUT2D eigenvalue weighted by Gasteiger charge is -2.30. The molecule has 0 aromatic heterocycles. The van der Waals surface area contributed by atoms with Gasteiger partial charge in [-0.05, 0) is 6.08 Å². The van der Waals surface area contributed by atoms with Gasteiger partial charge in [0.1, 0.15) is 0 Å². The third-order valence-electron chi connectivity index (χ3n) is 2.62. The van der Waals surface area contributed by atoms with E-state index in [9.17, 15) is 0 Å². The first-order valence-corrected chi connectivity index (χ1v) is 6.83. The van der Waals surface area contributed by atoms with Crippen molar-refractivity contribution in [1.29, 1.82) is 0 Å². The minimum atomic E-state index is -2.49. The van der Waals surface area contributed by atoms with Gasteiger partial charge in [-0.1, -0.05) is 12.2 Å². The molecule has 1 aliphatic heterocycles. The van der Waals surface area contributed by atoms with Gasteiger partial charge < -0.3 is 18.2 Å².